The van der Waals surface area contributed by atoms with E-state index in [0.717, 1.165) is 22.4 Å². The number of hydrogen-bond donors (Lipinski definition) is 1. The van der Waals surface area contributed by atoms with Gasteiger partial charge in [-0.05, 0) is 19.1 Å². The zero-order chi connectivity index (χ0) is 14.9. The van der Waals surface area contributed by atoms with Crippen LogP contribution in [0.3, 0.4) is 0 Å². The van der Waals surface area contributed by atoms with Gasteiger partial charge < -0.3 is 4.42 Å². The van der Waals surface area contributed by atoms with E-state index in [1.165, 1.54) is 0 Å². The standard InChI is InChI=1S/C11H11NO5S3/c1-7-2-3-8(17-7)6-9-10(13)12(11(18)19-9)4-5-20(14,15)16/h2-3,6H,4-5H2,1H3,(H,14,15,16)/b9-6-. The summed E-state index contributed by atoms with van der Waals surface area (Å²) in [5.74, 6) is 0.306. The minimum Gasteiger partial charge on any atom is -0.462 e. The first-order valence-corrected chi connectivity index (χ1v) is 8.36. The topological polar surface area (TPSA) is 87.8 Å². The van der Waals surface area contributed by atoms with Crippen LogP contribution in [0.1, 0.15) is 11.5 Å². The quantitative estimate of drug-likeness (QED) is 0.509. The molecular weight excluding hydrogens is 322 g/mol. The second-order valence-electron chi connectivity index (χ2n) is 4.07. The van der Waals surface area contributed by atoms with E-state index in [2.05, 4.69) is 0 Å². The summed E-state index contributed by atoms with van der Waals surface area (Å²) in [4.78, 5) is 13.6. The molecule has 0 aliphatic carbocycles. The SMILES string of the molecule is Cc1ccc(/C=C2\SC(=S)N(CCS(=O)(=O)O)C2=O)o1. The molecule has 1 aliphatic rings. The molecule has 1 aliphatic heterocycles. The smallest absolute Gasteiger partial charge is 0.266 e. The van der Waals surface area contributed by atoms with E-state index in [4.69, 9.17) is 21.2 Å². The van der Waals surface area contributed by atoms with Crippen LogP contribution in [0.5, 0.6) is 0 Å². The van der Waals surface area contributed by atoms with Gasteiger partial charge in [-0.2, -0.15) is 8.42 Å². The number of thiocarbonyl (C=S) groups is 1. The number of carbonyl (C=O) groups is 1. The van der Waals surface area contributed by atoms with Crippen molar-refractivity contribution in [2.75, 3.05) is 12.3 Å². The summed E-state index contributed by atoms with van der Waals surface area (Å²) in [6.45, 7) is 1.62. The lowest BCUT2D eigenvalue weighted by Crippen LogP contribution is -2.32. The van der Waals surface area contributed by atoms with E-state index in [1.54, 1.807) is 25.1 Å². The van der Waals surface area contributed by atoms with E-state index in [0.29, 0.717) is 10.7 Å². The molecular formula is C11H11NO5S3. The zero-order valence-electron chi connectivity index (χ0n) is 10.4. The van der Waals surface area contributed by atoms with Gasteiger partial charge in [-0.15, -0.1) is 0 Å². The molecule has 108 valence electrons. The maximum Gasteiger partial charge on any atom is 0.266 e. The molecule has 1 fully saturated rings. The molecule has 1 N–H and O–H groups in total. The summed E-state index contributed by atoms with van der Waals surface area (Å²) in [5, 5.41) is 0. The van der Waals surface area contributed by atoms with Gasteiger partial charge in [0.25, 0.3) is 16.0 Å². The molecule has 20 heavy (non-hydrogen) atoms. The highest BCUT2D eigenvalue weighted by molar-refractivity contribution is 8.26. The Kier molecular flexibility index (Phi) is 4.33. The summed E-state index contributed by atoms with van der Waals surface area (Å²) in [5.41, 5.74) is 0. The lowest BCUT2D eigenvalue weighted by atomic mass is 10.3. The van der Waals surface area contributed by atoms with Crippen LogP contribution >= 0.6 is 24.0 Å². The molecule has 1 aromatic rings. The fraction of sp³-hybridized carbons (Fsp3) is 0.273. The highest BCUT2D eigenvalue weighted by atomic mass is 32.2. The first kappa shape index (κ1) is 15.2. The normalized spacial score (nSPS) is 18.3. The largest absolute Gasteiger partial charge is 0.462 e. The van der Waals surface area contributed by atoms with Crippen molar-refractivity contribution in [3.63, 3.8) is 0 Å². The molecule has 0 atom stereocenters. The van der Waals surface area contributed by atoms with Gasteiger partial charge in [-0.3, -0.25) is 14.2 Å². The number of hydrogen-bond acceptors (Lipinski definition) is 6. The molecule has 0 unspecified atom stereocenters. The van der Waals surface area contributed by atoms with Gasteiger partial charge in [0.15, 0.2) is 0 Å². The van der Waals surface area contributed by atoms with Crippen LogP contribution in [-0.2, 0) is 14.9 Å². The Balaban J connectivity index is 2.14. The molecule has 6 nitrogen and oxygen atoms in total. The summed E-state index contributed by atoms with van der Waals surface area (Å²) < 4.78 is 35.7. The van der Waals surface area contributed by atoms with Crippen LogP contribution in [0.15, 0.2) is 21.5 Å². The van der Waals surface area contributed by atoms with Gasteiger partial charge in [0.1, 0.15) is 15.8 Å². The molecule has 9 heteroatoms. The molecule has 1 saturated heterocycles. The summed E-state index contributed by atoms with van der Waals surface area (Å²) in [6, 6.07) is 3.49. The minimum absolute atomic E-state index is 0.169. The highest BCUT2D eigenvalue weighted by Crippen LogP contribution is 2.32. The van der Waals surface area contributed by atoms with Crippen LogP contribution in [0.25, 0.3) is 6.08 Å². The minimum atomic E-state index is -4.13. The number of amides is 1. The van der Waals surface area contributed by atoms with Crippen LogP contribution in [0.4, 0.5) is 0 Å². The Morgan fingerprint density at radius 3 is 2.75 bits per heavy atom. The van der Waals surface area contributed by atoms with E-state index in [-0.39, 0.29) is 10.9 Å². The number of aryl methyl sites for hydroxylation is 1. The van der Waals surface area contributed by atoms with Crippen molar-refractivity contribution >= 4 is 50.4 Å². The van der Waals surface area contributed by atoms with Gasteiger partial charge in [0.05, 0.1) is 10.7 Å². The molecule has 0 bridgehead atoms. The van der Waals surface area contributed by atoms with E-state index in [9.17, 15) is 13.2 Å². The molecule has 0 radical (unpaired) electrons. The Morgan fingerprint density at radius 2 is 2.20 bits per heavy atom. The lowest BCUT2D eigenvalue weighted by Gasteiger charge is -2.12. The van der Waals surface area contributed by atoms with Gasteiger partial charge in [-0.1, -0.05) is 24.0 Å². The average Bonchev–Trinajstić information content (AvgIpc) is 2.82. The van der Waals surface area contributed by atoms with Crippen LogP contribution < -0.4 is 0 Å². The predicted molar refractivity (Wildman–Crippen MR) is 79.7 cm³/mol. The Bertz CT molecular complexity index is 689. The van der Waals surface area contributed by atoms with Gasteiger partial charge >= 0.3 is 0 Å². The molecule has 2 rings (SSSR count). The number of thioether (sulfide) groups is 1. The molecule has 0 saturated carbocycles. The third kappa shape index (κ3) is 3.69. The lowest BCUT2D eigenvalue weighted by molar-refractivity contribution is -0.121. The first-order valence-electron chi connectivity index (χ1n) is 5.53. The number of furan rings is 1. The van der Waals surface area contributed by atoms with Crippen molar-refractivity contribution < 1.29 is 22.2 Å². The Hall–Kier alpha value is -1.16. The first-order chi connectivity index (χ1) is 9.26. The van der Waals surface area contributed by atoms with Gasteiger partial charge in [-0.25, -0.2) is 0 Å². The van der Waals surface area contributed by atoms with Crippen LogP contribution in [-0.4, -0.2) is 40.4 Å². The second kappa shape index (κ2) is 5.68. The number of carbonyl (C=O) groups excluding carboxylic acids is 1. The maximum absolute atomic E-state index is 12.1. The fourth-order valence-corrected chi connectivity index (χ4v) is 3.26. The van der Waals surface area contributed by atoms with E-state index >= 15 is 0 Å². The molecule has 0 aromatic carbocycles. The summed E-state index contributed by atoms with van der Waals surface area (Å²) in [7, 11) is -4.13. The zero-order valence-corrected chi connectivity index (χ0v) is 12.8. The Morgan fingerprint density at radius 1 is 1.50 bits per heavy atom. The van der Waals surface area contributed by atoms with Crippen LogP contribution in [0.2, 0.25) is 0 Å². The van der Waals surface area contributed by atoms with Crippen molar-refractivity contribution in [2.45, 2.75) is 6.92 Å². The maximum atomic E-state index is 12.1. The number of nitrogens with zero attached hydrogens (tertiary/aromatic N) is 1. The van der Waals surface area contributed by atoms with E-state index in [1.807, 2.05) is 0 Å². The highest BCUT2D eigenvalue weighted by Gasteiger charge is 2.32. The molecule has 1 amide bonds. The summed E-state index contributed by atoms with van der Waals surface area (Å²) in [6.07, 6.45) is 1.56. The average molecular weight is 333 g/mol. The fourth-order valence-electron chi connectivity index (χ4n) is 1.56. The summed E-state index contributed by atoms with van der Waals surface area (Å²) >= 11 is 6.09. The molecule has 2 heterocycles. The van der Waals surface area contributed by atoms with E-state index < -0.39 is 21.8 Å². The van der Waals surface area contributed by atoms with Crippen molar-refractivity contribution in [2.24, 2.45) is 0 Å². The second-order valence-corrected chi connectivity index (χ2v) is 7.32. The molecule has 1 aromatic heterocycles. The van der Waals surface area contributed by atoms with Crippen molar-refractivity contribution in [1.29, 1.82) is 0 Å². The third-order valence-corrected chi connectivity index (χ3v) is 4.56. The van der Waals surface area contributed by atoms with Gasteiger partial charge in [0, 0.05) is 12.6 Å². The van der Waals surface area contributed by atoms with Crippen molar-refractivity contribution in [3.05, 3.63) is 28.6 Å². The van der Waals surface area contributed by atoms with Gasteiger partial charge in [0.2, 0.25) is 0 Å². The third-order valence-electron chi connectivity index (χ3n) is 2.48. The van der Waals surface area contributed by atoms with Crippen LogP contribution in [0, 0.1) is 6.92 Å². The van der Waals surface area contributed by atoms with Crippen molar-refractivity contribution in [3.8, 4) is 0 Å². The molecule has 0 spiro atoms. The number of rotatable bonds is 4. The monoisotopic (exact) mass is 333 g/mol. The van der Waals surface area contributed by atoms with Crippen molar-refractivity contribution in [1.82, 2.24) is 4.90 Å². The predicted octanol–water partition coefficient (Wildman–Crippen LogP) is 1.68. The Labute approximate surface area is 125 Å².